The molecule has 4 aromatic rings. The quantitative estimate of drug-likeness (QED) is 0.138. The van der Waals surface area contributed by atoms with Crippen LogP contribution in [0.4, 0.5) is 5.69 Å². The third-order valence-corrected chi connectivity index (χ3v) is 10.5. The molecule has 0 saturated carbocycles. The third-order valence-electron chi connectivity index (χ3n) is 7.93. The normalized spacial score (nSPS) is 12.5. The first kappa shape index (κ1) is 36.8. The van der Waals surface area contributed by atoms with Gasteiger partial charge in [0.1, 0.15) is 18.3 Å². The number of carbonyl (C=O) groups is 2. The lowest BCUT2D eigenvalue weighted by Crippen LogP contribution is -2.54. The number of sulfonamides is 1. The highest BCUT2D eigenvalue weighted by Crippen LogP contribution is 2.28. The standard InChI is InChI=1S/C37H41Cl2N3O5S/c1-5-27(4)40-37(44)35(23-28-10-8-7-9-11-28)41(24-29-14-21-33(38)34(39)22-29)36(43)25-42(30-15-12-26(3)13-16-30)48(45,46)32-19-17-31(18-20-32)47-6-2/h7-22,27,35H,5-6,23-25H2,1-4H3,(H,40,44)/t27-,35-/m1/s1. The molecular weight excluding hydrogens is 669 g/mol. The number of hydrogen-bond acceptors (Lipinski definition) is 5. The van der Waals surface area contributed by atoms with Crippen molar-refractivity contribution in [2.24, 2.45) is 0 Å². The highest BCUT2D eigenvalue weighted by Gasteiger charge is 2.35. The number of rotatable bonds is 15. The number of nitrogens with one attached hydrogen (secondary N) is 1. The predicted molar refractivity (Wildman–Crippen MR) is 192 cm³/mol. The van der Waals surface area contributed by atoms with Gasteiger partial charge in [0.15, 0.2) is 0 Å². The summed E-state index contributed by atoms with van der Waals surface area (Å²) in [7, 11) is -4.25. The van der Waals surface area contributed by atoms with E-state index >= 15 is 0 Å². The van der Waals surface area contributed by atoms with Crippen molar-refractivity contribution in [1.82, 2.24) is 10.2 Å². The Morgan fingerprint density at radius 2 is 1.52 bits per heavy atom. The van der Waals surface area contributed by atoms with E-state index < -0.39 is 28.5 Å². The second-order valence-corrected chi connectivity index (χ2v) is 14.2. The van der Waals surface area contributed by atoms with Gasteiger partial charge in [-0.05, 0) is 86.8 Å². The van der Waals surface area contributed by atoms with E-state index in [-0.39, 0.29) is 29.8 Å². The summed E-state index contributed by atoms with van der Waals surface area (Å²) >= 11 is 12.6. The van der Waals surface area contributed by atoms with Crippen LogP contribution in [-0.2, 0) is 32.6 Å². The molecule has 0 aliphatic carbocycles. The van der Waals surface area contributed by atoms with E-state index in [9.17, 15) is 18.0 Å². The zero-order valence-corrected chi connectivity index (χ0v) is 29.9. The van der Waals surface area contributed by atoms with Crippen molar-refractivity contribution in [1.29, 1.82) is 0 Å². The van der Waals surface area contributed by atoms with E-state index in [2.05, 4.69) is 5.32 Å². The van der Waals surface area contributed by atoms with Gasteiger partial charge in [-0.3, -0.25) is 13.9 Å². The molecule has 0 aliphatic heterocycles. The molecule has 0 radical (unpaired) electrons. The first-order valence-corrected chi connectivity index (χ1v) is 18.0. The van der Waals surface area contributed by atoms with Gasteiger partial charge in [0, 0.05) is 19.0 Å². The molecule has 0 fully saturated rings. The number of halogens is 2. The molecule has 11 heteroatoms. The van der Waals surface area contributed by atoms with Crippen molar-refractivity contribution in [3.05, 3.63) is 124 Å². The minimum atomic E-state index is -4.25. The van der Waals surface area contributed by atoms with E-state index in [1.165, 1.54) is 17.0 Å². The smallest absolute Gasteiger partial charge is 0.264 e. The predicted octanol–water partition coefficient (Wildman–Crippen LogP) is 7.45. The molecule has 0 saturated heterocycles. The fourth-order valence-corrected chi connectivity index (χ4v) is 6.81. The number of benzene rings is 4. The molecule has 0 heterocycles. The zero-order chi connectivity index (χ0) is 34.8. The lowest BCUT2D eigenvalue weighted by atomic mass is 10.0. The maximum atomic E-state index is 14.6. The summed E-state index contributed by atoms with van der Waals surface area (Å²) < 4.78 is 35.1. The van der Waals surface area contributed by atoms with Crippen molar-refractivity contribution in [3.63, 3.8) is 0 Å². The van der Waals surface area contributed by atoms with Gasteiger partial charge in [-0.15, -0.1) is 0 Å². The third kappa shape index (κ3) is 9.52. The van der Waals surface area contributed by atoms with Crippen LogP contribution in [0, 0.1) is 6.92 Å². The monoisotopic (exact) mass is 709 g/mol. The molecule has 4 aromatic carbocycles. The lowest BCUT2D eigenvalue weighted by Gasteiger charge is -2.34. The van der Waals surface area contributed by atoms with Crippen molar-refractivity contribution >= 4 is 50.7 Å². The van der Waals surface area contributed by atoms with Crippen LogP contribution >= 0.6 is 23.2 Å². The Kier molecular flexibility index (Phi) is 12.9. The number of ether oxygens (including phenoxy) is 1. The molecule has 2 amide bonds. The van der Waals surface area contributed by atoms with Crippen LogP contribution in [0.5, 0.6) is 5.75 Å². The summed E-state index contributed by atoms with van der Waals surface area (Å²) in [6.07, 6.45) is 0.887. The summed E-state index contributed by atoms with van der Waals surface area (Å²) in [4.78, 5) is 30.0. The summed E-state index contributed by atoms with van der Waals surface area (Å²) in [6, 6.07) is 26.2. The Bertz CT molecular complexity index is 1790. The fraction of sp³-hybridized carbons (Fsp3) is 0.297. The minimum Gasteiger partial charge on any atom is -0.494 e. The summed E-state index contributed by atoms with van der Waals surface area (Å²) in [5.41, 5.74) is 2.70. The van der Waals surface area contributed by atoms with Crippen molar-refractivity contribution in [3.8, 4) is 5.75 Å². The molecule has 0 aromatic heterocycles. The first-order valence-electron chi connectivity index (χ1n) is 15.8. The molecule has 0 spiro atoms. The molecule has 0 bridgehead atoms. The SMILES string of the molecule is CCOc1ccc(S(=O)(=O)N(CC(=O)N(Cc2ccc(Cl)c(Cl)c2)[C@H](Cc2ccccc2)C(=O)N[C@H](C)CC)c2ccc(C)cc2)cc1. The van der Waals surface area contributed by atoms with Gasteiger partial charge in [0.2, 0.25) is 11.8 Å². The molecule has 8 nitrogen and oxygen atoms in total. The van der Waals surface area contributed by atoms with E-state index in [0.717, 1.165) is 15.4 Å². The number of carbonyl (C=O) groups excluding carboxylic acids is 2. The largest absolute Gasteiger partial charge is 0.494 e. The van der Waals surface area contributed by atoms with Gasteiger partial charge in [-0.1, -0.05) is 84.2 Å². The number of anilines is 1. The van der Waals surface area contributed by atoms with Crippen LogP contribution in [0.2, 0.25) is 10.0 Å². The Labute approximate surface area is 293 Å². The van der Waals surface area contributed by atoms with Crippen LogP contribution < -0.4 is 14.4 Å². The van der Waals surface area contributed by atoms with Crippen molar-refractivity contribution < 1.29 is 22.7 Å². The van der Waals surface area contributed by atoms with Gasteiger partial charge >= 0.3 is 0 Å². The molecule has 4 rings (SSSR count). The molecule has 48 heavy (non-hydrogen) atoms. The van der Waals surface area contributed by atoms with Crippen molar-refractivity contribution in [2.45, 2.75) is 64.1 Å². The number of nitrogens with zero attached hydrogens (tertiary/aromatic N) is 2. The van der Waals surface area contributed by atoms with E-state index in [4.69, 9.17) is 27.9 Å². The zero-order valence-electron chi connectivity index (χ0n) is 27.5. The van der Waals surface area contributed by atoms with Gasteiger partial charge in [-0.25, -0.2) is 8.42 Å². The number of hydrogen-bond donors (Lipinski definition) is 1. The Morgan fingerprint density at radius 1 is 0.854 bits per heavy atom. The highest BCUT2D eigenvalue weighted by molar-refractivity contribution is 7.92. The Balaban J connectivity index is 1.81. The average molecular weight is 711 g/mol. The van der Waals surface area contributed by atoms with Crippen LogP contribution in [0.15, 0.2) is 102 Å². The molecule has 254 valence electrons. The Hall–Kier alpha value is -4.05. The summed E-state index contributed by atoms with van der Waals surface area (Å²) in [5, 5.41) is 3.67. The van der Waals surface area contributed by atoms with Crippen LogP contribution in [0.1, 0.15) is 43.9 Å². The number of amides is 2. The van der Waals surface area contributed by atoms with Crippen molar-refractivity contribution in [2.75, 3.05) is 17.5 Å². The Morgan fingerprint density at radius 3 is 2.12 bits per heavy atom. The first-order chi connectivity index (χ1) is 22.9. The molecular formula is C37H41Cl2N3O5S. The number of aryl methyl sites for hydroxylation is 1. The van der Waals surface area contributed by atoms with E-state index in [0.29, 0.717) is 40.1 Å². The molecule has 1 N–H and O–H groups in total. The topological polar surface area (TPSA) is 96.0 Å². The minimum absolute atomic E-state index is 0.00860. The fourth-order valence-electron chi connectivity index (χ4n) is 5.07. The van der Waals surface area contributed by atoms with Gasteiger partial charge in [0.25, 0.3) is 10.0 Å². The highest BCUT2D eigenvalue weighted by atomic mass is 35.5. The molecule has 0 aliphatic rings. The van der Waals surface area contributed by atoms with Crippen LogP contribution in [-0.4, -0.2) is 50.4 Å². The average Bonchev–Trinajstić information content (AvgIpc) is 3.08. The van der Waals surface area contributed by atoms with Crippen LogP contribution in [0.3, 0.4) is 0 Å². The summed E-state index contributed by atoms with van der Waals surface area (Å²) in [6.45, 7) is 7.43. The second-order valence-electron chi connectivity index (χ2n) is 11.5. The molecule has 2 atom stereocenters. The maximum absolute atomic E-state index is 14.6. The molecule has 0 unspecified atom stereocenters. The van der Waals surface area contributed by atoms with Crippen LogP contribution in [0.25, 0.3) is 0 Å². The maximum Gasteiger partial charge on any atom is 0.264 e. The van der Waals surface area contributed by atoms with Gasteiger partial charge in [0.05, 0.1) is 27.2 Å². The second kappa shape index (κ2) is 16.9. The van der Waals surface area contributed by atoms with Gasteiger partial charge < -0.3 is 15.0 Å². The lowest BCUT2D eigenvalue weighted by molar-refractivity contribution is -0.140. The summed E-state index contributed by atoms with van der Waals surface area (Å²) in [5.74, 6) is -0.396. The van der Waals surface area contributed by atoms with Gasteiger partial charge in [-0.2, -0.15) is 0 Å². The van der Waals surface area contributed by atoms with E-state index in [1.807, 2.05) is 58.0 Å². The van der Waals surface area contributed by atoms with E-state index in [1.54, 1.807) is 54.6 Å².